The van der Waals surface area contributed by atoms with Gasteiger partial charge in [0, 0.05) is 19.4 Å². The van der Waals surface area contributed by atoms with Gasteiger partial charge in [0.05, 0.1) is 0 Å². The molecule has 200 valence electrons. The Bertz CT molecular complexity index is 1230. The van der Waals surface area contributed by atoms with Crippen LogP contribution in [0.25, 0.3) is 5.57 Å². The molecule has 2 aliphatic rings. The van der Waals surface area contributed by atoms with Crippen LogP contribution in [0.2, 0.25) is 0 Å². The van der Waals surface area contributed by atoms with Crippen molar-refractivity contribution in [2.45, 2.75) is 63.5 Å². The maximum Gasteiger partial charge on any atom is 0.330 e. The summed E-state index contributed by atoms with van der Waals surface area (Å²) in [5, 5.41) is 21.1. The molecule has 0 aromatic heterocycles. The lowest BCUT2D eigenvalue weighted by Gasteiger charge is -2.36. The summed E-state index contributed by atoms with van der Waals surface area (Å²) in [7, 11) is 0. The highest BCUT2D eigenvalue weighted by Crippen LogP contribution is 2.40. The van der Waals surface area contributed by atoms with E-state index in [2.05, 4.69) is 11.4 Å². The largest absolute Gasteiger partial charge is 0.479 e. The standard InChI is InChI=1S/C29H33N3O6/c33-25(31-38)14-6-1-2-7-15-26(34)32-18-23-21(16-20-12-8-9-13-22(20)23)17-24(32)28(35)30-27(29(36)37)19-10-4-3-5-11-19/h3-5,8-13,24,27,38H,1-2,6-7,14-18H2,(H,30,35)(H,31,33)(H,36,37)/t24-,27+/m1/s1. The van der Waals surface area contributed by atoms with Crippen LogP contribution < -0.4 is 10.8 Å². The number of nitrogens with zero attached hydrogens (tertiary/aromatic N) is 1. The molecule has 9 heteroatoms. The van der Waals surface area contributed by atoms with Gasteiger partial charge in [0.25, 0.3) is 0 Å². The number of hydrogen-bond donors (Lipinski definition) is 4. The minimum Gasteiger partial charge on any atom is -0.479 e. The molecule has 0 saturated heterocycles. The van der Waals surface area contributed by atoms with Crippen LogP contribution in [0.3, 0.4) is 0 Å². The second kappa shape index (κ2) is 12.5. The maximum atomic E-state index is 13.5. The summed E-state index contributed by atoms with van der Waals surface area (Å²) >= 11 is 0. The first-order chi connectivity index (χ1) is 18.4. The van der Waals surface area contributed by atoms with Gasteiger partial charge in [0.15, 0.2) is 6.04 Å². The number of unbranched alkanes of at least 4 members (excludes halogenated alkanes) is 3. The zero-order valence-corrected chi connectivity index (χ0v) is 21.2. The summed E-state index contributed by atoms with van der Waals surface area (Å²) in [5.74, 6) is -2.23. The Morgan fingerprint density at radius 1 is 0.921 bits per heavy atom. The SMILES string of the molecule is O=C(CCCCCCC(=O)N1CC2=C(Cc3ccccc32)C[C@@H]1C(=O)N[C@H](C(=O)O)c1ccccc1)NO. The third kappa shape index (κ3) is 6.28. The minimum absolute atomic E-state index is 0.152. The van der Waals surface area contributed by atoms with Crippen LogP contribution in [0.5, 0.6) is 0 Å². The molecule has 0 spiro atoms. The molecule has 1 aliphatic carbocycles. The molecular weight excluding hydrogens is 486 g/mol. The number of fused-ring (bicyclic) bond motifs is 2. The number of benzene rings is 2. The Balaban J connectivity index is 1.47. The third-order valence-corrected chi connectivity index (χ3v) is 7.28. The zero-order chi connectivity index (χ0) is 27.1. The van der Waals surface area contributed by atoms with Crippen LogP contribution in [0.4, 0.5) is 0 Å². The van der Waals surface area contributed by atoms with Gasteiger partial charge in [0.2, 0.25) is 17.7 Å². The summed E-state index contributed by atoms with van der Waals surface area (Å²) in [4.78, 5) is 51.7. The molecule has 0 bridgehead atoms. The fraction of sp³-hybridized carbons (Fsp3) is 0.379. The Morgan fingerprint density at radius 3 is 2.32 bits per heavy atom. The quantitative estimate of drug-likeness (QED) is 0.204. The van der Waals surface area contributed by atoms with E-state index in [1.807, 2.05) is 18.2 Å². The number of carbonyl (C=O) groups excluding carboxylic acids is 3. The molecule has 2 aromatic rings. The third-order valence-electron chi connectivity index (χ3n) is 7.28. The zero-order valence-electron chi connectivity index (χ0n) is 21.2. The Labute approximate surface area is 221 Å². The molecule has 0 saturated carbocycles. The van der Waals surface area contributed by atoms with Crippen molar-refractivity contribution in [2.24, 2.45) is 0 Å². The molecule has 1 heterocycles. The number of nitrogens with one attached hydrogen (secondary N) is 2. The second-order valence-corrected chi connectivity index (χ2v) is 9.80. The van der Waals surface area contributed by atoms with Crippen LogP contribution >= 0.6 is 0 Å². The van der Waals surface area contributed by atoms with Crippen molar-refractivity contribution in [3.8, 4) is 0 Å². The molecule has 38 heavy (non-hydrogen) atoms. The van der Waals surface area contributed by atoms with Gasteiger partial charge in [-0.25, -0.2) is 10.3 Å². The summed E-state index contributed by atoms with van der Waals surface area (Å²) < 4.78 is 0. The van der Waals surface area contributed by atoms with Crippen molar-refractivity contribution in [1.29, 1.82) is 0 Å². The van der Waals surface area contributed by atoms with E-state index < -0.39 is 29.9 Å². The first-order valence-corrected chi connectivity index (χ1v) is 13.0. The van der Waals surface area contributed by atoms with Gasteiger partial charge in [-0.2, -0.15) is 0 Å². The van der Waals surface area contributed by atoms with Gasteiger partial charge in [-0.3, -0.25) is 19.6 Å². The molecule has 2 atom stereocenters. The second-order valence-electron chi connectivity index (χ2n) is 9.80. The number of carbonyl (C=O) groups is 4. The van der Waals surface area contributed by atoms with E-state index >= 15 is 0 Å². The Kier molecular flexibility index (Phi) is 8.91. The fourth-order valence-corrected chi connectivity index (χ4v) is 5.30. The average molecular weight is 520 g/mol. The molecule has 0 unspecified atom stereocenters. The van der Waals surface area contributed by atoms with E-state index in [0.717, 1.165) is 36.0 Å². The number of rotatable bonds is 11. The van der Waals surface area contributed by atoms with E-state index in [4.69, 9.17) is 5.21 Å². The number of carboxylic acids is 1. The number of carboxylic acid groups (broad SMARTS) is 1. The lowest BCUT2D eigenvalue weighted by molar-refractivity contribution is -0.144. The maximum absolute atomic E-state index is 13.5. The van der Waals surface area contributed by atoms with Crippen molar-refractivity contribution in [3.63, 3.8) is 0 Å². The molecule has 0 radical (unpaired) electrons. The van der Waals surface area contributed by atoms with Gasteiger partial charge >= 0.3 is 5.97 Å². The fourth-order valence-electron chi connectivity index (χ4n) is 5.30. The molecule has 4 N–H and O–H groups in total. The lowest BCUT2D eigenvalue weighted by Crippen LogP contribution is -2.53. The van der Waals surface area contributed by atoms with Crippen molar-refractivity contribution >= 4 is 29.3 Å². The highest BCUT2D eigenvalue weighted by atomic mass is 16.5. The molecular formula is C29H33N3O6. The lowest BCUT2D eigenvalue weighted by atomic mass is 9.92. The van der Waals surface area contributed by atoms with Crippen LogP contribution in [0.1, 0.15) is 67.7 Å². The summed E-state index contributed by atoms with van der Waals surface area (Å²) in [6, 6.07) is 14.6. The summed E-state index contributed by atoms with van der Waals surface area (Å²) in [6.45, 7) is 0.309. The van der Waals surface area contributed by atoms with Crippen molar-refractivity contribution < 1.29 is 29.5 Å². The first kappa shape index (κ1) is 27.1. The minimum atomic E-state index is -1.21. The molecule has 1 aliphatic heterocycles. The van der Waals surface area contributed by atoms with Gasteiger partial charge in [0.1, 0.15) is 6.04 Å². The number of aliphatic carboxylic acids is 1. The average Bonchev–Trinajstić information content (AvgIpc) is 3.30. The van der Waals surface area contributed by atoms with E-state index in [9.17, 15) is 24.3 Å². The Hall–Kier alpha value is -3.98. The highest BCUT2D eigenvalue weighted by Gasteiger charge is 2.39. The van der Waals surface area contributed by atoms with Gasteiger partial charge < -0.3 is 15.3 Å². The van der Waals surface area contributed by atoms with E-state index in [1.165, 1.54) is 5.56 Å². The predicted octanol–water partition coefficient (Wildman–Crippen LogP) is 3.39. The van der Waals surface area contributed by atoms with E-state index in [1.54, 1.807) is 40.7 Å². The van der Waals surface area contributed by atoms with E-state index in [-0.39, 0.29) is 18.7 Å². The molecule has 2 aromatic carbocycles. The Morgan fingerprint density at radius 2 is 1.61 bits per heavy atom. The van der Waals surface area contributed by atoms with Gasteiger partial charge in [-0.05, 0) is 47.9 Å². The van der Waals surface area contributed by atoms with Gasteiger partial charge in [-0.15, -0.1) is 0 Å². The van der Waals surface area contributed by atoms with Crippen LogP contribution in [-0.2, 0) is 25.6 Å². The summed E-state index contributed by atoms with van der Waals surface area (Å²) in [6.07, 6.45) is 4.25. The van der Waals surface area contributed by atoms with Crippen molar-refractivity contribution in [2.75, 3.05) is 6.54 Å². The predicted molar refractivity (Wildman–Crippen MR) is 140 cm³/mol. The highest BCUT2D eigenvalue weighted by molar-refractivity contribution is 5.94. The smallest absolute Gasteiger partial charge is 0.330 e. The van der Waals surface area contributed by atoms with Crippen LogP contribution in [0.15, 0.2) is 60.2 Å². The number of hydrogen-bond acceptors (Lipinski definition) is 5. The van der Waals surface area contributed by atoms with Crippen molar-refractivity contribution in [1.82, 2.24) is 15.7 Å². The topological polar surface area (TPSA) is 136 Å². The summed E-state index contributed by atoms with van der Waals surface area (Å²) in [5.41, 5.74) is 6.54. The van der Waals surface area contributed by atoms with Crippen LogP contribution in [0, 0.1) is 0 Å². The van der Waals surface area contributed by atoms with Gasteiger partial charge in [-0.1, -0.05) is 73.0 Å². The first-order valence-electron chi connectivity index (χ1n) is 13.0. The van der Waals surface area contributed by atoms with Crippen molar-refractivity contribution in [3.05, 3.63) is 76.9 Å². The molecule has 3 amide bonds. The van der Waals surface area contributed by atoms with E-state index in [0.29, 0.717) is 31.4 Å². The van der Waals surface area contributed by atoms with Crippen LogP contribution in [-0.4, -0.2) is 51.5 Å². The normalized spacial score (nSPS) is 16.9. The number of amides is 3. The monoisotopic (exact) mass is 519 g/mol. The molecule has 9 nitrogen and oxygen atoms in total. The molecule has 0 fully saturated rings. The number of hydroxylamine groups is 1. The molecule has 4 rings (SSSR count).